The minimum Gasteiger partial charge on any atom is -0.465 e. The van der Waals surface area contributed by atoms with Gasteiger partial charge in [-0.1, -0.05) is 19.8 Å². The van der Waals surface area contributed by atoms with Gasteiger partial charge >= 0.3 is 5.97 Å². The van der Waals surface area contributed by atoms with Crippen LogP contribution in [0.5, 0.6) is 0 Å². The SMILES string of the molecule is CC(CCCC(C)(C)O)CC1CCCOC1=O. The summed E-state index contributed by atoms with van der Waals surface area (Å²) in [6, 6.07) is 0. The third-order valence-electron chi connectivity index (χ3n) is 3.45. The Morgan fingerprint density at radius 2 is 2.24 bits per heavy atom. The predicted molar refractivity (Wildman–Crippen MR) is 67.6 cm³/mol. The van der Waals surface area contributed by atoms with Gasteiger partial charge in [0.25, 0.3) is 0 Å². The van der Waals surface area contributed by atoms with E-state index in [1.807, 2.05) is 13.8 Å². The first-order valence-corrected chi connectivity index (χ1v) is 6.77. The minimum absolute atomic E-state index is 0.00871. The van der Waals surface area contributed by atoms with Crippen molar-refractivity contribution in [3.8, 4) is 0 Å². The highest BCUT2D eigenvalue weighted by Crippen LogP contribution is 2.26. The third-order valence-corrected chi connectivity index (χ3v) is 3.45. The molecule has 1 heterocycles. The van der Waals surface area contributed by atoms with Crippen molar-refractivity contribution in [2.24, 2.45) is 11.8 Å². The van der Waals surface area contributed by atoms with Gasteiger partial charge in [-0.2, -0.15) is 0 Å². The van der Waals surface area contributed by atoms with Crippen molar-refractivity contribution >= 4 is 5.97 Å². The van der Waals surface area contributed by atoms with E-state index in [1.54, 1.807) is 0 Å². The van der Waals surface area contributed by atoms with E-state index < -0.39 is 5.60 Å². The van der Waals surface area contributed by atoms with Crippen LogP contribution in [0.4, 0.5) is 0 Å². The number of cyclic esters (lactones) is 1. The lowest BCUT2D eigenvalue weighted by atomic mass is 9.87. The zero-order valence-corrected chi connectivity index (χ0v) is 11.4. The molecule has 0 aromatic carbocycles. The Kier molecular flexibility index (Phi) is 5.44. The van der Waals surface area contributed by atoms with Crippen LogP contribution in [-0.2, 0) is 9.53 Å². The fourth-order valence-electron chi connectivity index (χ4n) is 2.44. The van der Waals surface area contributed by atoms with E-state index in [4.69, 9.17) is 4.74 Å². The number of carbonyl (C=O) groups excluding carboxylic acids is 1. The molecule has 0 amide bonds. The molecule has 0 spiro atoms. The van der Waals surface area contributed by atoms with E-state index >= 15 is 0 Å². The normalized spacial score (nSPS) is 23.3. The summed E-state index contributed by atoms with van der Waals surface area (Å²) in [5.41, 5.74) is -0.566. The predicted octanol–water partition coefficient (Wildman–Crippen LogP) is 2.91. The first kappa shape index (κ1) is 14.5. The second-order valence-corrected chi connectivity index (χ2v) is 6.05. The van der Waals surface area contributed by atoms with E-state index in [9.17, 15) is 9.90 Å². The zero-order valence-electron chi connectivity index (χ0n) is 11.4. The van der Waals surface area contributed by atoms with Gasteiger partial charge in [0, 0.05) is 0 Å². The largest absolute Gasteiger partial charge is 0.465 e. The molecule has 1 aliphatic heterocycles. The van der Waals surface area contributed by atoms with Gasteiger partial charge in [-0.25, -0.2) is 0 Å². The highest BCUT2D eigenvalue weighted by molar-refractivity contribution is 5.72. The van der Waals surface area contributed by atoms with Gasteiger partial charge in [0.15, 0.2) is 0 Å². The highest BCUT2D eigenvalue weighted by Gasteiger charge is 2.25. The van der Waals surface area contributed by atoms with E-state index in [1.165, 1.54) is 0 Å². The molecule has 1 rings (SSSR count). The molecular weight excluding hydrogens is 216 g/mol. The number of hydrogen-bond donors (Lipinski definition) is 1. The maximum atomic E-state index is 11.5. The molecule has 17 heavy (non-hydrogen) atoms. The molecule has 0 aromatic heterocycles. The summed E-state index contributed by atoms with van der Waals surface area (Å²) in [6.07, 6.45) is 5.85. The van der Waals surface area contributed by atoms with Crippen LogP contribution in [0.15, 0.2) is 0 Å². The average Bonchev–Trinajstić information content (AvgIpc) is 2.19. The van der Waals surface area contributed by atoms with Crippen LogP contribution in [0.1, 0.15) is 59.3 Å². The van der Waals surface area contributed by atoms with Gasteiger partial charge in [0.1, 0.15) is 0 Å². The lowest BCUT2D eigenvalue weighted by Crippen LogP contribution is -2.25. The number of esters is 1. The van der Waals surface area contributed by atoms with Gasteiger partial charge in [-0.3, -0.25) is 4.79 Å². The maximum Gasteiger partial charge on any atom is 0.308 e. The number of aliphatic hydroxyl groups is 1. The van der Waals surface area contributed by atoms with Crippen LogP contribution in [-0.4, -0.2) is 23.3 Å². The van der Waals surface area contributed by atoms with E-state index in [2.05, 4.69) is 6.92 Å². The second-order valence-electron chi connectivity index (χ2n) is 6.05. The summed E-state index contributed by atoms with van der Waals surface area (Å²) < 4.78 is 5.07. The van der Waals surface area contributed by atoms with Gasteiger partial charge < -0.3 is 9.84 Å². The van der Waals surface area contributed by atoms with Crippen molar-refractivity contribution in [3.05, 3.63) is 0 Å². The molecule has 0 aliphatic carbocycles. The average molecular weight is 242 g/mol. The molecule has 0 saturated carbocycles. The Balaban J connectivity index is 2.20. The van der Waals surface area contributed by atoms with Crippen LogP contribution in [0.25, 0.3) is 0 Å². The summed E-state index contributed by atoms with van der Waals surface area (Å²) in [5, 5.41) is 9.62. The third kappa shape index (κ3) is 6.06. The van der Waals surface area contributed by atoms with Crippen molar-refractivity contribution in [1.82, 2.24) is 0 Å². The van der Waals surface area contributed by atoms with Gasteiger partial charge in [0.05, 0.1) is 18.1 Å². The molecule has 2 atom stereocenters. The molecule has 0 radical (unpaired) electrons. The number of carbonyl (C=O) groups is 1. The standard InChI is InChI=1S/C14H26O3/c1-11(6-4-8-14(2,3)16)10-12-7-5-9-17-13(12)15/h11-12,16H,4-10H2,1-3H3. The fraction of sp³-hybridized carbons (Fsp3) is 0.929. The molecule has 1 saturated heterocycles. The molecular formula is C14H26O3. The summed E-state index contributed by atoms with van der Waals surface area (Å²) in [4.78, 5) is 11.5. The number of ether oxygens (including phenoxy) is 1. The topological polar surface area (TPSA) is 46.5 Å². The smallest absolute Gasteiger partial charge is 0.308 e. The summed E-state index contributed by atoms with van der Waals surface area (Å²) >= 11 is 0. The Morgan fingerprint density at radius 1 is 1.53 bits per heavy atom. The molecule has 0 bridgehead atoms. The maximum absolute atomic E-state index is 11.5. The van der Waals surface area contributed by atoms with Crippen molar-refractivity contribution in [3.63, 3.8) is 0 Å². The zero-order chi connectivity index (χ0) is 12.9. The Labute approximate surface area is 105 Å². The molecule has 0 aromatic rings. The molecule has 3 nitrogen and oxygen atoms in total. The lowest BCUT2D eigenvalue weighted by Gasteiger charge is -2.24. The first-order valence-electron chi connectivity index (χ1n) is 6.77. The Bertz CT molecular complexity index is 242. The van der Waals surface area contributed by atoms with Crippen molar-refractivity contribution in [2.45, 2.75) is 64.9 Å². The van der Waals surface area contributed by atoms with Crippen LogP contribution >= 0.6 is 0 Å². The quantitative estimate of drug-likeness (QED) is 0.728. The van der Waals surface area contributed by atoms with Crippen molar-refractivity contribution in [2.75, 3.05) is 6.61 Å². The van der Waals surface area contributed by atoms with Crippen LogP contribution < -0.4 is 0 Å². The molecule has 3 heteroatoms. The van der Waals surface area contributed by atoms with Crippen LogP contribution in [0, 0.1) is 11.8 Å². The molecule has 1 aliphatic rings. The summed E-state index contributed by atoms with van der Waals surface area (Å²) in [5.74, 6) is 0.638. The van der Waals surface area contributed by atoms with Crippen molar-refractivity contribution in [1.29, 1.82) is 0 Å². The Hall–Kier alpha value is -0.570. The highest BCUT2D eigenvalue weighted by atomic mass is 16.5. The van der Waals surface area contributed by atoms with Gasteiger partial charge in [-0.15, -0.1) is 0 Å². The minimum atomic E-state index is -0.566. The molecule has 1 fully saturated rings. The van der Waals surface area contributed by atoms with Crippen LogP contribution in [0.3, 0.4) is 0 Å². The fourth-order valence-corrected chi connectivity index (χ4v) is 2.44. The second kappa shape index (κ2) is 6.39. The Morgan fingerprint density at radius 3 is 2.82 bits per heavy atom. The lowest BCUT2D eigenvalue weighted by molar-refractivity contribution is -0.153. The van der Waals surface area contributed by atoms with E-state index in [0.717, 1.165) is 38.5 Å². The van der Waals surface area contributed by atoms with Gasteiger partial charge in [-0.05, 0) is 45.4 Å². The van der Waals surface area contributed by atoms with Crippen molar-refractivity contribution < 1.29 is 14.6 Å². The van der Waals surface area contributed by atoms with Crippen LogP contribution in [0.2, 0.25) is 0 Å². The summed E-state index contributed by atoms with van der Waals surface area (Å²) in [7, 11) is 0. The first-order chi connectivity index (χ1) is 7.88. The van der Waals surface area contributed by atoms with Gasteiger partial charge in [0.2, 0.25) is 0 Å². The molecule has 1 N–H and O–H groups in total. The molecule has 2 unspecified atom stereocenters. The monoisotopic (exact) mass is 242 g/mol. The number of hydrogen-bond acceptors (Lipinski definition) is 3. The molecule has 100 valence electrons. The summed E-state index contributed by atoms with van der Waals surface area (Å²) in [6.45, 7) is 6.47. The van der Waals surface area contributed by atoms with E-state index in [-0.39, 0.29) is 11.9 Å². The van der Waals surface area contributed by atoms with E-state index in [0.29, 0.717) is 12.5 Å². The number of rotatable bonds is 6.